The Morgan fingerprint density at radius 1 is 1.18 bits per heavy atom. The van der Waals surface area contributed by atoms with E-state index in [1.54, 1.807) is 18.1 Å². The Morgan fingerprint density at radius 3 is 2.62 bits per heavy atom. The first-order valence-corrected chi connectivity index (χ1v) is 12.8. The van der Waals surface area contributed by atoms with Crippen LogP contribution in [0.5, 0.6) is 0 Å². The number of nitrogens with one attached hydrogen (secondary N) is 1. The monoisotopic (exact) mass is 477 g/mol. The fraction of sp³-hybridized carbons (Fsp3) is 0.731. The summed E-state index contributed by atoms with van der Waals surface area (Å²) in [5, 5.41) is 23.9. The summed E-state index contributed by atoms with van der Waals surface area (Å²) in [6.07, 6.45) is 2.34. The van der Waals surface area contributed by atoms with Crippen molar-refractivity contribution < 1.29 is 24.1 Å². The standard InChI is InChI=1S/C26H40FN3O4/c1-17-21(8-3-9-22(17)27)25-18(13-28-14-23(25)29-10-4-6-19(31)15-29)12-24(34-2)26(33)30-11-5-7-20(32)16-30/h3,8-9,18-20,23-25,28,31-32H,4-7,10-16H2,1-2H3/t18-,19?,20?,23+,24?,25?/m1/s1. The van der Waals surface area contributed by atoms with E-state index in [-0.39, 0.29) is 35.7 Å². The van der Waals surface area contributed by atoms with Gasteiger partial charge in [-0.15, -0.1) is 0 Å². The molecule has 3 fully saturated rings. The molecule has 0 saturated carbocycles. The van der Waals surface area contributed by atoms with Gasteiger partial charge in [0.05, 0.1) is 12.2 Å². The molecule has 0 bridgehead atoms. The zero-order valence-corrected chi connectivity index (χ0v) is 20.5. The van der Waals surface area contributed by atoms with Gasteiger partial charge >= 0.3 is 0 Å². The highest BCUT2D eigenvalue weighted by Crippen LogP contribution is 2.39. The minimum absolute atomic E-state index is 0.0136. The largest absolute Gasteiger partial charge is 0.392 e. The van der Waals surface area contributed by atoms with Crippen LogP contribution in [0.4, 0.5) is 4.39 Å². The third-order valence-corrected chi connectivity index (χ3v) is 8.03. The zero-order valence-electron chi connectivity index (χ0n) is 20.5. The van der Waals surface area contributed by atoms with Crippen LogP contribution in [0.1, 0.15) is 49.1 Å². The molecule has 3 saturated heterocycles. The number of nitrogens with zero attached hydrogens (tertiary/aromatic N) is 2. The summed E-state index contributed by atoms with van der Waals surface area (Å²) in [5.41, 5.74) is 1.63. The Bertz CT molecular complexity index is 840. The molecule has 190 valence electrons. The predicted molar refractivity (Wildman–Crippen MR) is 128 cm³/mol. The number of halogens is 1. The first-order valence-electron chi connectivity index (χ1n) is 12.8. The van der Waals surface area contributed by atoms with E-state index in [0.717, 1.165) is 44.3 Å². The fourth-order valence-electron chi connectivity index (χ4n) is 6.23. The van der Waals surface area contributed by atoms with Gasteiger partial charge in [-0.2, -0.15) is 0 Å². The maximum absolute atomic E-state index is 14.7. The molecule has 3 aliphatic rings. The van der Waals surface area contributed by atoms with Crippen LogP contribution in [0.2, 0.25) is 0 Å². The lowest BCUT2D eigenvalue weighted by Gasteiger charge is -2.47. The van der Waals surface area contributed by atoms with E-state index in [0.29, 0.717) is 38.2 Å². The molecule has 34 heavy (non-hydrogen) atoms. The summed E-state index contributed by atoms with van der Waals surface area (Å²) in [4.78, 5) is 17.4. The van der Waals surface area contributed by atoms with Crippen molar-refractivity contribution in [3.8, 4) is 0 Å². The van der Waals surface area contributed by atoms with Gasteiger partial charge in [-0.25, -0.2) is 4.39 Å². The maximum Gasteiger partial charge on any atom is 0.251 e. The van der Waals surface area contributed by atoms with E-state index >= 15 is 0 Å². The van der Waals surface area contributed by atoms with E-state index in [4.69, 9.17) is 4.74 Å². The first-order chi connectivity index (χ1) is 16.4. The van der Waals surface area contributed by atoms with E-state index in [2.05, 4.69) is 10.2 Å². The number of ether oxygens (including phenoxy) is 1. The van der Waals surface area contributed by atoms with Crippen molar-refractivity contribution in [2.75, 3.05) is 46.4 Å². The number of methoxy groups -OCH3 is 1. The quantitative estimate of drug-likeness (QED) is 0.578. The molecule has 1 amide bonds. The smallest absolute Gasteiger partial charge is 0.251 e. The topological polar surface area (TPSA) is 85.3 Å². The average molecular weight is 478 g/mol. The summed E-state index contributed by atoms with van der Waals surface area (Å²) in [6, 6.07) is 5.38. The molecule has 3 aliphatic heterocycles. The minimum atomic E-state index is -0.612. The van der Waals surface area contributed by atoms with E-state index in [9.17, 15) is 19.4 Å². The first kappa shape index (κ1) is 25.5. The van der Waals surface area contributed by atoms with Gasteiger partial charge in [-0.05, 0) is 75.2 Å². The molecule has 0 aromatic heterocycles. The fourth-order valence-corrected chi connectivity index (χ4v) is 6.23. The molecule has 0 aliphatic carbocycles. The second-order valence-electron chi connectivity index (χ2n) is 10.3. The Labute approximate surface area is 202 Å². The number of aliphatic hydroxyl groups excluding tert-OH is 2. The highest BCUT2D eigenvalue weighted by molar-refractivity contribution is 5.81. The number of carbonyl (C=O) groups is 1. The number of carbonyl (C=O) groups excluding carboxylic acids is 1. The Hall–Kier alpha value is -1.58. The molecule has 3 N–H and O–H groups in total. The predicted octanol–water partition coefficient (Wildman–Crippen LogP) is 1.65. The van der Waals surface area contributed by atoms with Crippen LogP contribution in [0.3, 0.4) is 0 Å². The lowest BCUT2D eigenvalue weighted by molar-refractivity contribution is -0.146. The van der Waals surface area contributed by atoms with Crippen molar-refractivity contribution in [2.24, 2.45) is 5.92 Å². The molecule has 0 radical (unpaired) electrons. The molecule has 1 aromatic carbocycles. The normalized spacial score (nSPS) is 31.9. The summed E-state index contributed by atoms with van der Waals surface area (Å²) >= 11 is 0. The van der Waals surface area contributed by atoms with Crippen LogP contribution in [-0.2, 0) is 9.53 Å². The van der Waals surface area contributed by atoms with Crippen LogP contribution in [0.15, 0.2) is 18.2 Å². The van der Waals surface area contributed by atoms with Gasteiger partial charge in [-0.1, -0.05) is 12.1 Å². The number of rotatable bonds is 6. The van der Waals surface area contributed by atoms with Crippen molar-refractivity contribution in [3.63, 3.8) is 0 Å². The van der Waals surface area contributed by atoms with Crippen molar-refractivity contribution in [3.05, 3.63) is 35.1 Å². The Balaban J connectivity index is 1.60. The summed E-state index contributed by atoms with van der Waals surface area (Å²) in [6.45, 7) is 5.81. The molecule has 7 nitrogen and oxygen atoms in total. The number of amides is 1. The maximum atomic E-state index is 14.7. The van der Waals surface area contributed by atoms with Crippen LogP contribution < -0.4 is 5.32 Å². The van der Waals surface area contributed by atoms with Crippen molar-refractivity contribution in [2.45, 2.75) is 69.3 Å². The molecule has 8 heteroatoms. The summed E-state index contributed by atoms with van der Waals surface area (Å²) < 4.78 is 20.4. The highest BCUT2D eigenvalue weighted by Gasteiger charge is 2.42. The van der Waals surface area contributed by atoms with Gasteiger partial charge in [-0.3, -0.25) is 9.69 Å². The van der Waals surface area contributed by atoms with Gasteiger partial charge in [0, 0.05) is 45.2 Å². The lowest BCUT2D eigenvalue weighted by Crippen LogP contribution is -2.57. The molecule has 4 rings (SSSR count). The van der Waals surface area contributed by atoms with Crippen molar-refractivity contribution >= 4 is 5.91 Å². The SMILES string of the molecule is COC(C[C@@H]1CNC[C@H](N2CCCC(O)C2)C1c1cccc(F)c1C)C(=O)N1CCCC(O)C1. The molecule has 6 atom stereocenters. The minimum Gasteiger partial charge on any atom is -0.392 e. The number of aliphatic hydroxyl groups is 2. The zero-order chi connectivity index (χ0) is 24.2. The van der Waals surface area contributed by atoms with Crippen molar-refractivity contribution in [1.29, 1.82) is 0 Å². The number of piperidine rings is 3. The highest BCUT2D eigenvalue weighted by atomic mass is 19.1. The Kier molecular flexibility index (Phi) is 8.58. The number of hydrogen-bond donors (Lipinski definition) is 3. The van der Waals surface area contributed by atoms with Crippen molar-refractivity contribution in [1.82, 2.24) is 15.1 Å². The molecule has 4 unspecified atom stereocenters. The van der Waals surface area contributed by atoms with Gasteiger partial charge in [0.25, 0.3) is 5.91 Å². The van der Waals surface area contributed by atoms with E-state index < -0.39 is 12.2 Å². The second kappa shape index (κ2) is 11.4. The molecule has 3 heterocycles. The van der Waals surface area contributed by atoms with Gasteiger partial charge in [0.15, 0.2) is 0 Å². The van der Waals surface area contributed by atoms with Crippen LogP contribution in [0.25, 0.3) is 0 Å². The molecule has 1 aromatic rings. The second-order valence-corrected chi connectivity index (χ2v) is 10.3. The molecular weight excluding hydrogens is 437 g/mol. The molecule has 0 spiro atoms. The van der Waals surface area contributed by atoms with E-state index in [1.165, 1.54) is 6.07 Å². The van der Waals surface area contributed by atoms with Crippen LogP contribution >= 0.6 is 0 Å². The third kappa shape index (κ3) is 5.62. The van der Waals surface area contributed by atoms with Crippen LogP contribution in [-0.4, -0.2) is 96.7 Å². The average Bonchev–Trinajstić information content (AvgIpc) is 2.84. The van der Waals surface area contributed by atoms with Gasteiger partial charge in [0.1, 0.15) is 11.9 Å². The number of likely N-dealkylation sites (tertiary alicyclic amines) is 2. The van der Waals surface area contributed by atoms with Gasteiger partial charge < -0.3 is 25.2 Å². The number of hydrogen-bond acceptors (Lipinski definition) is 6. The lowest BCUT2D eigenvalue weighted by atomic mass is 9.73. The van der Waals surface area contributed by atoms with E-state index in [1.807, 2.05) is 13.0 Å². The third-order valence-electron chi connectivity index (χ3n) is 8.03. The summed E-state index contributed by atoms with van der Waals surface area (Å²) in [7, 11) is 1.57. The van der Waals surface area contributed by atoms with Crippen LogP contribution in [0, 0.1) is 18.7 Å². The van der Waals surface area contributed by atoms with Gasteiger partial charge in [0.2, 0.25) is 0 Å². The Morgan fingerprint density at radius 2 is 1.91 bits per heavy atom. The number of β-amino-alcohol motifs (C(OH)–C–C–N with tert-alkyl or cyclic N) is 2. The summed E-state index contributed by atoms with van der Waals surface area (Å²) in [5.74, 6) is -0.220. The molecular formula is C26H40FN3O4. The number of benzene rings is 1.